The first-order valence-corrected chi connectivity index (χ1v) is 10.2. The molecule has 1 saturated heterocycles. The van der Waals surface area contributed by atoms with Gasteiger partial charge in [0.05, 0.1) is 16.9 Å². The predicted molar refractivity (Wildman–Crippen MR) is 94.0 cm³/mol. The molecule has 3 rings (SSSR count). The summed E-state index contributed by atoms with van der Waals surface area (Å²) in [4.78, 5) is 39.7. The molecule has 26 heavy (non-hydrogen) atoms. The highest BCUT2D eigenvalue weighted by molar-refractivity contribution is 7.89. The van der Waals surface area contributed by atoms with Crippen LogP contribution in [0.5, 0.6) is 0 Å². The van der Waals surface area contributed by atoms with Gasteiger partial charge < -0.3 is 4.90 Å². The summed E-state index contributed by atoms with van der Waals surface area (Å²) >= 11 is 0. The van der Waals surface area contributed by atoms with E-state index in [9.17, 15) is 22.8 Å². The maximum absolute atomic E-state index is 12.5. The topological polar surface area (TPSA) is 104 Å². The smallest absolute Gasteiger partial charge is 0.262 e. The Morgan fingerprint density at radius 3 is 2.15 bits per heavy atom. The number of benzene rings is 1. The Kier molecular flexibility index (Phi) is 5.10. The zero-order chi connectivity index (χ0) is 18.9. The monoisotopic (exact) mass is 379 g/mol. The standard InChI is InChI=1S/C17H21N3O5S/c1-2-26(24,25)18-12-7-9-19(10-8-12)15(21)11-20-16(22)13-5-3-4-6-14(13)17(20)23/h3-6,12,18H,2,7-11H2,1H3. The van der Waals surface area contributed by atoms with Crippen molar-refractivity contribution >= 4 is 27.7 Å². The van der Waals surface area contributed by atoms with Gasteiger partial charge in [0.25, 0.3) is 11.8 Å². The molecule has 2 heterocycles. The van der Waals surface area contributed by atoms with E-state index in [1.54, 1.807) is 36.1 Å². The molecule has 8 nitrogen and oxygen atoms in total. The van der Waals surface area contributed by atoms with Crippen LogP contribution in [0.25, 0.3) is 0 Å². The molecule has 0 radical (unpaired) electrons. The molecule has 1 N–H and O–H groups in total. The van der Waals surface area contributed by atoms with Crippen LogP contribution in [-0.4, -0.2) is 67.4 Å². The molecule has 0 saturated carbocycles. The highest BCUT2D eigenvalue weighted by atomic mass is 32.2. The molecule has 0 bridgehead atoms. The summed E-state index contributed by atoms with van der Waals surface area (Å²) in [6.45, 7) is 2.05. The molecule has 3 amide bonds. The number of piperidine rings is 1. The normalized spacial score (nSPS) is 18.3. The molecule has 0 atom stereocenters. The Morgan fingerprint density at radius 1 is 1.12 bits per heavy atom. The van der Waals surface area contributed by atoms with Crippen molar-refractivity contribution < 1.29 is 22.8 Å². The molecular formula is C17H21N3O5S. The second kappa shape index (κ2) is 7.16. The summed E-state index contributed by atoms with van der Waals surface area (Å²) in [5.74, 6) is -1.20. The Balaban J connectivity index is 1.57. The number of sulfonamides is 1. The highest BCUT2D eigenvalue weighted by Gasteiger charge is 2.37. The lowest BCUT2D eigenvalue weighted by Gasteiger charge is -2.33. The molecule has 1 fully saturated rings. The number of hydrogen-bond acceptors (Lipinski definition) is 5. The lowest BCUT2D eigenvalue weighted by Crippen LogP contribution is -2.49. The zero-order valence-corrected chi connectivity index (χ0v) is 15.3. The first-order valence-electron chi connectivity index (χ1n) is 8.55. The first-order chi connectivity index (χ1) is 12.3. The third kappa shape index (κ3) is 3.63. The lowest BCUT2D eigenvalue weighted by molar-refractivity contribution is -0.132. The van der Waals surface area contributed by atoms with Crippen molar-refractivity contribution in [3.05, 3.63) is 35.4 Å². The van der Waals surface area contributed by atoms with Gasteiger partial charge in [-0.25, -0.2) is 13.1 Å². The van der Waals surface area contributed by atoms with Crippen LogP contribution in [0.2, 0.25) is 0 Å². The SMILES string of the molecule is CCS(=O)(=O)NC1CCN(C(=O)CN2C(=O)c3ccccc3C2=O)CC1. The molecule has 140 valence electrons. The summed E-state index contributed by atoms with van der Waals surface area (Å²) < 4.78 is 25.9. The number of imide groups is 1. The molecule has 1 aromatic rings. The Bertz CT molecular complexity index is 809. The number of nitrogens with one attached hydrogen (secondary N) is 1. The van der Waals surface area contributed by atoms with E-state index < -0.39 is 21.8 Å². The number of rotatable bonds is 5. The number of nitrogens with zero attached hydrogens (tertiary/aromatic N) is 2. The van der Waals surface area contributed by atoms with Gasteiger partial charge in [-0.15, -0.1) is 0 Å². The van der Waals surface area contributed by atoms with Crippen LogP contribution < -0.4 is 4.72 Å². The fourth-order valence-corrected chi connectivity index (χ4v) is 4.11. The van der Waals surface area contributed by atoms with E-state index in [-0.39, 0.29) is 24.2 Å². The fourth-order valence-electron chi connectivity index (χ4n) is 3.20. The molecule has 2 aliphatic heterocycles. The minimum atomic E-state index is -3.27. The quantitative estimate of drug-likeness (QED) is 0.737. The number of fused-ring (bicyclic) bond motifs is 1. The van der Waals surface area contributed by atoms with Crippen molar-refractivity contribution in [2.45, 2.75) is 25.8 Å². The van der Waals surface area contributed by atoms with E-state index in [1.807, 2.05) is 0 Å². The van der Waals surface area contributed by atoms with E-state index in [4.69, 9.17) is 0 Å². The van der Waals surface area contributed by atoms with E-state index in [1.165, 1.54) is 0 Å². The Labute approximate surface area is 152 Å². The molecule has 0 unspecified atom stereocenters. The lowest BCUT2D eigenvalue weighted by atomic mass is 10.1. The van der Waals surface area contributed by atoms with E-state index in [0.717, 1.165) is 4.90 Å². The van der Waals surface area contributed by atoms with Crippen LogP contribution >= 0.6 is 0 Å². The number of carbonyl (C=O) groups is 3. The second-order valence-corrected chi connectivity index (χ2v) is 8.46. The number of amides is 3. The van der Waals surface area contributed by atoms with Crippen LogP contribution in [-0.2, 0) is 14.8 Å². The summed E-state index contributed by atoms with van der Waals surface area (Å²) in [5.41, 5.74) is 0.635. The van der Waals surface area contributed by atoms with Crippen LogP contribution in [0, 0.1) is 0 Å². The largest absolute Gasteiger partial charge is 0.341 e. The second-order valence-electron chi connectivity index (χ2n) is 6.42. The van der Waals surface area contributed by atoms with Gasteiger partial charge in [-0.05, 0) is 31.9 Å². The number of likely N-dealkylation sites (tertiary alicyclic amines) is 1. The van der Waals surface area contributed by atoms with Gasteiger partial charge in [-0.2, -0.15) is 0 Å². The summed E-state index contributed by atoms with van der Waals surface area (Å²) in [6.07, 6.45) is 1.01. The van der Waals surface area contributed by atoms with Crippen LogP contribution in [0.15, 0.2) is 24.3 Å². The van der Waals surface area contributed by atoms with Gasteiger partial charge in [-0.1, -0.05) is 12.1 Å². The zero-order valence-electron chi connectivity index (χ0n) is 14.5. The Morgan fingerprint density at radius 2 is 1.65 bits per heavy atom. The van der Waals surface area contributed by atoms with Crippen LogP contribution in [0.1, 0.15) is 40.5 Å². The molecule has 9 heteroatoms. The molecule has 0 aromatic heterocycles. The molecule has 1 aromatic carbocycles. The first kappa shape index (κ1) is 18.5. The van der Waals surface area contributed by atoms with E-state index >= 15 is 0 Å². The highest BCUT2D eigenvalue weighted by Crippen LogP contribution is 2.22. The fraction of sp³-hybridized carbons (Fsp3) is 0.471. The minimum Gasteiger partial charge on any atom is -0.341 e. The van der Waals surface area contributed by atoms with Crippen LogP contribution in [0.4, 0.5) is 0 Å². The summed E-state index contributed by atoms with van der Waals surface area (Å²) in [5, 5.41) is 0. The third-order valence-electron chi connectivity index (χ3n) is 4.75. The average Bonchev–Trinajstić information content (AvgIpc) is 2.87. The summed E-state index contributed by atoms with van der Waals surface area (Å²) in [7, 11) is -3.27. The number of carbonyl (C=O) groups excluding carboxylic acids is 3. The van der Waals surface area contributed by atoms with E-state index in [0.29, 0.717) is 37.1 Å². The van der Waals surface area contributed by atoms with Gasteiger partial charge >= 0.3 is 0 Å². The molecular weight excluding hydrogens is 358 g/mol. The van der Waals surface area contributed by atoms with Crippen molar-refractivity contribution in [3.8, 4) is 0 Å². The van der Waals surface area contributed by atoms with Crippen molar-refractivity contribution in [1.29, 1.82) is 0 Å². The van der Waals surface area contributed by atoms with Gasteiger partial charge in [0, 0.05) is 19.1 Å². The van der Waals surface area contributed by atoms with E-state index in [2.05, 4.69) is 4.72 Å². The number of hydrogen-bond donors (Lipinski definition) is 1. The summed E-state index contributed by atoms with van der Waals surface area (Å²) in [6, 6.07) is 6.31. The van der Waals surface area contributed by atoms with Crippen molar-refractivity contribution in [3.63, 3.8) is 0 Å². The molecule has 0 aliphatic carbocycles. The molecule has 0 spiro atoms. The maximum atomic E-state index is 12.5. The van der Waals surface area contributed by atoms with Gasteiger partial charge in [0.15, 0.2) is 0 Å². The Hall–Kier alpha value is -2.26. The van der Waals surface area contributed by atoms with Crippen LogP contribution in [0.3, 0.4) is 0 Å². The average molecular weight is 379 g/mol. The van der Waals surface area contributed by atoms with Gasteiger partial charge in [0.1, 0.15) is 6.54 Å². The van der Waals surface area contributed by atoms with Crippen molar-refractivity contribution in [1.82, 2.24) is 14.5 Å². The maximum Gasteiger partial charge on any atom is 0.262 e. The van der Waals surface area contributed by atoms with Crippen molar-refractivity contribution in [2.24, 2.45) is 0 Å². The third-order valence-corrected chi connectivity index (χ3v) is 6.20. The van der Waals surface area contributed by atoms with Gasteiger partial charge in [-0.3, -0.25) is 19.3 Å². The minimum absolute atomic E-state index is 0.0197. The predicted octanol–water partition coefficient (Wildman–Crippen LogP) is 0.213. The molecule has 2 aliphatic rings. The van der Waals surface area contributed by atoms with Gasteiger partial charge in [0.2, 0.25) is 15.9 Å². The van der Waals surface area contributed by atoms with Crippen molar-refractivity contribution in [2.75, 3.05) is 25.4 Å².